The molecule has 4 aromatic rings. The van der Waals surface area contributed by atoms with Crippen molar-refractivity contribution in [1.82, 2.24) is 14.9 Å². The predicted octanol–water partition coefficient (Wildman–Crippen LogP) is 6.53. The van der Waals surface area contributed by atoms with Crippen LogP contribution in [0.5, 0.6) is 0 Å². The van der Waals surface area contributed by atoms with Crippen LogP contribution in [0.25, 0.3) is 20.4 Å². The van der Waals surface area contributed by atoms with Crippen molar-refractivity contribution >= 4 is 54.5 Å². The second-order valence-electron chi connectivity index (χ2n) is 7.34. The molecule has 1 aliphatic rings. The molecule has 0 radical (unpaired) electrons. The molecule has 1 N–H and O–H groups in total. The molecule has 146 valence electrons. The number of nitrogens with zero attached hydrogens (tertiary/aromatic N) is 3. The van der Waals surface area contributed by atoms with Gasteiger partial charge in [-0.2, -0.15) is 0 Å². The molecule has 28 heavy (non-hydrogen) atoms. The Bertz CT molecular complexity index is 1030. The molecule has 1 fully saturated rings. The number of fused-ring (bicyclic) bond motifs is 2. The summed E-state index contributed by atoms with van der Waals surface area (Å²) in [4.78, 5) is 12.2. The number of rotatable bonds is 2. The van der Waals surface area contributed by atoms with Gasteiger partial charge in [-0.25, -0.2) is 9.97 Å². The largest absolute Gasteiger partial charge is 0.355 e. The number of hydrogen-bond donors (Lipinski definition) is 1. The van der Waals surface area contributed by atoms with Crippen LogP contribution in [0.2, 0.25) is 0 Å². The smallest absolute Gasteiger partial charge is 0.125 e. The number of thiophene rings is 1. The molecule has 4 nitrogen and oxygen atoms in total. The quantitative estimate of drug-likeness (QED) is 0.408. The van der Waals surface area contributed by atoms with Crippen LogP contribution < -0.4 is 5.32 Å². The van der Waals surface area contributed by atoms with E-state index in [0.29, 0.717) is 0 Å². The van der Waals surface area contributed by atoms with Gasteiger partial charge in [-0.3, -0.25) is 0 Å². The van der Waals surface area contributed by atoms with Gasteiger partial charge in [0, 0.05) is 23.3 Å². The SMILES string of the molecule is CC1CCCCCN1C.c1cc(Nc2ccc3scnc3c2)c2ccsc2n1. The maximum atomic E-state index is 4.35. The van der Waals surface area contributed by atoms with E-state index in [1.54, 1.807) is 22.7 Å². The minimum absolute atomic E-state index is 0.826. The molecule has 0 spiro atoms. The summed E-state index contributed by atoms with van der Waals surface area (Å²) >= 11 is 3.31. The second kappa shape index (κ2) is 8.99. The molecule has 0 aliphatic carbocycles. The maximum Gasteiger partial charge on any atom is 0.125 e. The lowest BCUT2D eigenvalue weighted by Crippen LogP contribution is -2.27. The fraction of sp³-hybridized carbons (Fsp3) is 0.364. The fourth-order valence-corrected chi connectivity index (χ4v) is 4.91. The standard InChI is InChI=1S/C14H9N3S2.C8H17N/c1-2-13-12(16-8-19-13)7-9(1)17-11-3-5-15-14-10(11)4-6-18-14;1-8-6-4-3-5-7-9(8)2/h1-8H,(H,15,17);8H,3-7H2,1-2H3. The van der Waals surface area contributed by atoms with E-state index in [1.807, 2.05) is 17.8 Å². The highest BCUT2D eigenvalue weighted by Gasteiger charge is 2.11. The highest BCUT2D eigenvalue weighted by Crippen LogP contribution is 2.29. The van der Waals surface area contributed by atoms with Gasteiger partial charge in [-0.05, 0) is 69.1 Å². The van der Waals surface area contributed by atoms with Crippen molar-refractivity contribution in [3.05, 3.63) is 47.4 Å². The van der Waals surface area contributed by atoms with Crippen molar-refractivity contribution in [1.29, 1.82) is 0 Å². The van der Waals surface area contributed by atoms with E-state index >= 15 is 0 Å². The number of hydrogen-bond acceptors (Lipinski definition) is 6. The molecule has 5 rings (SSSR count). The summed E-state index contributed by atoms with van der Waals surface area (Å²) < 4.78 is 1.21. The van der Waals surface area contributed by atoms with Crippen LogP contribution >= 0.6 is 22.7 Å². The van der Waals surface area contributed by atoms with Crippen molar-refractivity contribution in [3.8, 4) is 0 Å². The summed E-state index contributed by atoms with van der Waals surface area (Å²) in [6.07, 6.45) is 7.51. The van der Waals surface area contributed by atoms with E-state index in [-0.39, 0.29) is 0 Å². The molecule has 0 amide bonds. The number of benzene rings is 1. The molecule has 4 heterocycles. The van der Waals surface area contributed by atoms with Gasteiger partial charge < -0.3 is 10.2 Å². The fourth-order valence-electron chi connectivity index (χ4n) is 3.49. The Morgan fingerprint density at radius 1 is 1.07 bits per heavy atom. The summed E-state index contributed by atoms with van der Waals surface area (Å²) in [7, 11) is 2.23. The van der Waals surface area contributed by atoms with Gasteiger partial charge in [-0.1, -0.05) is 12.8 Å². The summed E-state index contributed by atoms with van der Waals surface area (Å²) in [5.74, 6) is 0. The number of nitrogens with one attached hydrogen (secondary N) is 1. The van der Waals surface area contributed by atoms with Crippen LogP contribution in [0.15, 0.2) is 47.4 Å². The van der Waals surface area contributed by atoms with E-state index in [0.717, 1.165) is 33.1 Å². The molecule has 6 heteroatoms. The molecule has 1 aliphatic heterocycles. The first-order valence-corrected chi connectivity index (χ1v) is 11.6. The van der Waals surface area contributed by atoms with Gasteiger partial charge in [0.1, 0.15) is 4.83 Å². The van der Waals surface area contributed by atoms with Gasteiger partial charge in [0.2, 0.25) is 0 Å². The first kappa shape index (κ1) is 19.3. The normalized spacial score (nSPS) is 17.9. The summed E-state index contributed by atoms with van der Waals surface area (Å²) in [6.45, 7) is 3.63. The van der Waals surface area contributed by atoms with Gasteiger partial charge in [-0.15, -0.1) is 22.7 Å². The number of anilines is 2. The average Bonchev–Trinajstić information content (AvgIpc) is 3.33. The Morgan fingerprint density at radius 3 is 2.93 bits per heavy atom. The highest BCUT2D eigenvalue weighted by molar-refractivity contribution is 7.17. The van der Waals surface area contributed by atoms with E-state index in [4.69, 9.17) is 0 Å². The van der Waals surface area contributed by atoms with E-state index in [9.17, 15) is 0 Å². The molecule has 3 aromatic heterocycles. The summed E-state index contributed by atoms with van der Waals surface area (Å²) in [5.41, 5.74) is 5.04. The van der Waals surface area contributed by atoms with Crippen LogP contribution in [0.3, 0.4) is 0 Å². The van der Waals surface area contributed by atoms with Crippen LogP contribution in [-0.4, -0.2) is 34.5 Å². The average molecular weight is 411 g/mol. The molecule has 1 atom stereocenters. The zero-order valence-corrected chi connectivity index (χ0v) is 18.0. The number of likely N-dealkylation sites (tertiary alicyclic amines) is 1. The topological polar surface area (TPSA) is 41.0 Å². The Morgan fingerprint density at radius 2 is 2.00 bits per heavy atom. The van der Waals surface area contributed by atoms with E-state index in [2.05, 4.69) is 63.8 Å². The van der Waals surface area contributed by atoms with Crippen LogP contribution in [0, 0.1) is 0 Å². The van der Waals surface area contributed by atoms with Crippen LogP contribution in [0.1, 0.15) is 32.6 Å². The molecule has 0 bridgehead atoms. The summed E-state index contributed by atoms with van der Waals surface area (Å²) in [6, 6.07) is 11.2. The lowest BCUT2D eigenvalue weighted by atomic mass is 10.1. The Labute approximate surface area is 174 Å². The van der Waals surface area contributed by atoms with Crippen molar-refractivity contribution in [2.75, 3.05) is 18.9 Å². The zero-order chi connectivity index (χ0) is 19.3. The highest BCUT2D eigenvalue weighted by atomic mass is 32.1. The van der Waals surface area contributed by atoms with Gasteiger partial charge in [0.25, 0.3) is 0 Å². The lowest BCUT2D eigenvalue weighted by Gasteiger charge is -2.20. The van der Waals surface area contributed by atoms with Crippen molar-refractivity contribution in [3.63, 3.8) is 0 Å². The Kier molecular flexibility index (Phi) is 6.20. The molecular weight excluding hydrogens is 384 g/mol. The van der Waals surface area contributed by atoms with Crippen LogP contribution in [-0.2, 0) is 0 Å². The third kappa shape index (κ3) is 4.51. The predicted molar refractivity (Wildman–Crippen MR) is 123 cm³/mol. The lowest BCUT2D eigenvalue weighted by molar-refractivity contribution is 0.264. The Balaban J connectivity index is 0.000000181. The minimum Gasteiger partial charge on any atom is -0.355 e. The third-order valence-corrected chi connectivity index (χ3v) is 6.99. The van der Waals surface area contributed by atoms with E-state index in [1.165, 1.54) is 36.9 Å². The third-order valence-electron chi connectivity index (χ3n) is 5.36. The van der Waals surface area contributed by atoms with Crippen LogP contribution in [0.4, 0.5) is 11.4 Å². The summed E-state index contributed by atoms with van der Waals surface area (Å²) in [5, 5.41) is 6.67. The van der Waals surface area contributed by atoms with Gasteiger partial charge in [0.05, 0.1) is 21.4 Å². The number of thiazole rings is 1. The van der Waals surface area contributed by atoms with Crippen molar-refractivity contribution in [2.24, 2.45) is 0 Å². The number of pyridine rings is 1. The zero-order valence-electron chi connectivity index (χ0n) is 16.4. The maximum absolute atomic E-state index is 4.35. The molecular formula is C22H26N4S2. The van der Waals surface area contributed by atoms with Crippen molar-refractivity contribution in [2.45, 2.75) is 38.6 Å². The minimum atomic E-state index is 0.826. The molecule has 1 unspecified atom stereocenters. The molecule has 1 saturated heterocycles. The first-order chi connectivity index (χ1) is 13.7. The van der Waals surface area contributed by atoms with Gasteiger partial charge in [0.15, 0.2) is 0 Å². The number of aromatic nitrogens is 2. The second-order valence-corrected chi connectivity index (χ2v) is 9.12. The first-order valence-electron chi connectivity index (χ1n) is 9.83. The van der Waals surface area contributed by atoms with Gasteiger partial charge >= 0.3 is 0 Å². The monoisotopic (exact) mass is 410 g/mol. The van der Waals surface area contributed by atoms with Crippen molar-refractivity contribution < 1.29 is 0 Å². The van der Waals surface area contributed by atoms with E-state index < -0.39 is 0 Å². The molecule has 0 saturated carbocycles. The Hall–Kier alpha value is -2.02. The molecule has 1 aromatic carbocycles.